The second-order valence-corrected chi connectivity index (χ2v) is 11.7. The number of rotatable bonds is 12. The van der Waals surface area contributed by atoms with E-state index in [0.717, 1.165) is 4.90 Å². The summed E-state index contributed by atoms with van der Waals surface area (Å²) in [5.74, 6) is 0.110. The molecule has 0 aromatic heterocycles. The SMILES string of the molecule is COc1ccc(N2C(=O)CC(Sc3ccc(NC(=O)/C(=C/c4cc(OC)c(OC)c(OC)c4)NC(=O)c4ccccc4)cc3)C2=O)cc1. The van der Waals surface area contributed by atoms with Crippen LogP contribution >= 0.6 is 11.8 Å². The summed E-state index contributed by atoms with van der Waals surface area (Å²) >= 11 is 1.27. The summed E-state index contributed by atoms with van der Waals surface area (Å²) in [6, 6.07) is 25.4. The van der Waals surface area contributed by atoms with Crippen LogP contribution in [0.25, 0.3) is 6.08 Å². The Labute approximate surface area is 281 Å². The van der Waals surface area contributed by atoms with Gasteiger partial charge in [-0.15, -0.1) is 11.8 Å². The third-order valence-corrected chi connectivity index (χ3v) is 8.55. The maximum absolute atomic E-state index is 13.6. The predicted molar refractivity (Wildman–Crippen MR) is 183 cm³/mol. The zero-order valence-corrected chi connectivity index (χ0v) is 27.5. The number of carbonyl (C=O) groups is 4. The van der Waals surface area contributed by atoms with Gasteiger partial charge in [0.1, 0.15) is 11.4 Å². The van der Waals surface area contributed by atoms with Crippen molar-refractivity contribution in [2.24, 2.45) is 0 Å². The van der Waals surface area contributed by atoms with Crippen molar-refractivity contribution >= 4 is 52.8 Å². The van der Waals surface area contributed by atoms with Crippen LogP contribution in [0.4, 0.5) is 11.4 Å². The summed E-state index contributed by atoms with van der Waals surface area (Å²) in [5.41, 5.74) is 1.77. The van der Waals surface area contributed by atoms with E-state index in [2.05, 4.69) is 10.6 Å². The fourth-order valence-corrected chi connectivity index (χ4v) is 6.03. The molecule has 48 heavy (non-hydrogen) atoms. The lowest BCUT2D eigenvalue weighted by Gasteiger charge is -2.15. The molecule has 1 aliphatic heterocycles. The molecule has 1 heterocycles. The number of thioether (sulfide) groups is 1. The van der Waals surface area contributed by atoms with Crippen molar-refractivity contribution in [3.05, 3.63) is 108 Å². The Morgan fingerprint density at radius 1 is 0.812 bits per heavy atom. The molecule has 0 radical (unpaired) electrons. The molecule has 12 heteroatoms. The minimum absolute atomic E-state index is 0.0368. The Kier molecular flexibility index (Phi) is 10.7. The number of hydrogen-bond acceptors (Lipinski definition) is 9. The number of amides is 4. The van der Waals surface area contributed by atoms with E-state index in [1.165, 1.54) is 44.1 Å². The van der Waals surface area contributed by atoms with E-state index >= 15 is 0 Å². The van der Waals surface area contributed by atoms with Gasteiger partial charge in [0.05, 0.1) is 39.4 Å². The van der Waals surface area contributed by atoms with Crippen molar-refractivity contribution < 1.29 is 38.1 Å². The number of methoxy groups -OCH3 is 4. The van der Waals surface area contributed by atoms with Crippen LogP contribution in [0.3, 0.4) is 0 Å². The zero-order chi connectivity index (χ0) is 34.2. The Balaban J connectivity index is 1.33. The second kappa shape index (κ2) is 15.2. The van der Waals surface area contributed by atoms with Crippen LogP contribution in [0.5, 0.6) is 23.0 Å². The third kappa shape index (κ3) is 7.61. The molecule has 0 aliphatic carbocycles. The summed E-state index contributed by atoms with van der Waals surface area (Å²) in [5, 5.41) is 4.93. The smallest absolute Gasteiger partial charge is 0.272 e. The molecule has 1 aliphatic rings. The fraction of sp³-hybridized carbons (Fsp3) is 0.167. The number of benzene rings is 4. The summed E-state index contributed by atoms with van der Waals surface area (Å²) in [6.45, 7) is 0. The molecule has 1 saturated heterocycles. The fourth-order valence-electron chi connectivity index (χ4n) is 4.97. The Morgan fingerprint density at radius 3 is 2.04 bits per heavy atom. The first-order valence-electron chi connectivity index (χ1n) is 14.7. The molecule has 2 N–H and O–H groups in total. The molecule has 0 spiro atoms. The van der Waals surface area contributed by atoms with Gasteiger partial charge in [-0.3, -0.25) is 19.2 Å². The van der Waals surface area contributed by atoms with Gasteiger partial charge in [0.15, 0.2) is 11.5 Å². The van der Waals surface area contributed by atoms with Crippen LogP contribution in [0.2, 0.25) is 0 Å². The van der Waals surface area contributed by atoms with E-state index < -0.39 is 17.1 Å². The van der Waals surface area contributed by atoms with Crippen LogP contribution in [0, 0.1) is 0 Å². The van der Waals surface area contributed by atoms with Gasteiger partial charge >= 0.3 is 0 Å². The van der Waals surface area contributed by atoms with Gasteiger partial charge in [-0.25, -0.2) is 4.90 Å². The molecule has 1 unspecified atom stereocenters. The summed E-state index contributed by atoms with van der Waals surface area (Å²) in [4.78, 5) is 54.5. The Bertz CT molecular complexity index is 1820. The zero-order valence-electron chi connectivity index (χ0n) is 26.6. The number of carbonyl (C=O) groups excluding carboxylic acids is 4. The van der Waals surface area contributed by atoms with Gasteiger partial charge in [0, 0.05) is 22.6 Å². The third-order valence-electron chi connectivity index (χ3n) is 7.35. The van der Waals surface area contributed by atoms with E-state index in [4.69, 9.17) is 18.9 Å². The lowest BCUT2D eigenvalue weighted by atomic mass is 10.1. The summed E-state index contributed by atoms with van der Waals surface area (Å²) in [7, 11) is 5.99. The highest BCUT2D eigenvalue weighted by Gasteiger charge is 2.40. The molecule has 4 aromatic rings. The van der Waals surface area contributed by atoms with Crippen molar-refractivity contribution in [3.8, 4) is 23.0 Å². The van der Waals surface area contributed by atoms with Crippen LogP contribution in [0.1, 0.15) is 22.3 Å². The molecule has 11 nitrogen and oxygen atoms in total. The van der Waals surface area contributed by atoms with E-state index in [-0.39, 0.29) is 23.9 Å². The standard InChI is InChI=1S/C36H33N3O8S/c1-44-26-14-12-25(13-15-26)39-32(40)21-31(36(39)43)48-27-16-10-24(11-17-27)37-35(42)28(38-34(41)23-8-6-5-7-9-23)18-22-19-29(45-2)33(47-4)30(20-22)46-3/h5-20,31H,21H2,1-4H3,(H,37,42)(H,38,41)/b28-18-. The molecule has 4 aromatic carbocycles. The first-order chi connectivity index (χ1) is 23.2. The van der Waals surface area contributed by atoms with Crippen molar-refractivity contribution in [1.29, 1.82) is 0 Å². The lowest BCUT2D eigenvalue weighted by molar-refractivity contribution is -0.121. The Hall–Kier alpha value is -5.75. The molecule has 1 fully saturated rings. The van der Waals surface area contributed by atoms with Gasteiger partial charge in [-0.2, -0.15) is 0 Å². The topological polar surface area (TPSA) is 132 Å². The van der Waals surface area contributed by atoms with Crippen molar-refractivity contribution in [1.82, 2.24) is 5.32 Å². The number of nitrogens with one attached hydrogen (secondary N) is 2. The summed E-state index contributed by atoms with van der Waals surface area (Å²) < 4.78 is 21.5. The van der Waals surface area contributed by atoms with Gasteiger partial charge in [0.2, 0.25) is 17.6 Å². The van der Waals surface area contributed by atoms with E-state index in [9.17, 15) is 19.2 Å². The van der Waals surface area contributed by atoms with Gasteiger partial charge < -0.3 is 29.6 Å². The normalized spacial score (nSPS) is 14.4. The number of ether oxygens (including phenoxy) is 4. The van der Waals surface area contributed by atoms with E-state index in [1.54, 1.807) is 98.1 Å². The minimum Gasteiger partial charge on any atom is -0.497 e. The predicted octanol–water partition coefficient (Wildman–Crippen LogP) is 5.55. The van der Waals surface area contributed by atoms with Crippen LogP contribution < -0.4 is 34.5 Å². The van der Waals surface area contributed by atoms with Crippen molar-refractivity contribution in [3.63, 3.8) is 0 Å². The molecule has 1 atom stereocenters. The first-order valence-corrected chi connectivity index (χ1v) is 15.6. The number of hydrogen-bond donors (Lipinski definition) is 2. The highest BCUT2D eigenvalue weighted by molar-refractivity contribution is 8.00. The number of anilines is 2. The van der Waals surface area contributed by atoms with Crippen LogP contribution in [-0.4, -0.2) is 57.3 Å². The monoisotopic (exact) mass is 667 g/mol. The minimum atomic E-state index is -0.596. The van der Waals surface area contributed by atoms with Gasteiger partial charge in [-0.05, 0) is 84.4 Å². The van der Waals surface area contributed by atoms with Crippen molar-refractivity contribution in [2.45, 2.75) is 16.6 Å². The quantitative estimate of drug-likeness (QED) is 0.147. The highest BCUT2D eigenvalue weighted by Crippen LogP contribution is 2.39. The number of imide groups is 1. The largest absolute Gasteiger partial charge is 0.497 e. The number of nitrogens with zero attached hydrogens (tertiary/aromatic N) is 1. The lowest BCUT2D eigenvalue weighted by Crippen LogP contribution is -2.31. The van der Waals surface area contributed by atoms with Crippen LogP contribution in [-0.2, 0) is 14.4 Å². The highest BCUT2D eigenvalue weighted by atomic mass is 32.2. The van der Waals surface area contributed by atoms with Gasteiger partial charge in [-0.1, -0.05) is 18.2 Å². The van der Waals surface area contributed by atoms with Crippen molar-refractivity contribution in [2.75, 3.05) is 38.7 Å². The molecular weight excluding hydrogens is 634 g/mol. The molecule has 0 saturated carbocycles. The van der Waals surface area contributed by atoms with E-state index in [1.807, 2.05) is 0 Å². The maximum Gasteiger partial charge on any atom is 0.272 e. The molecule has 5 rings (SSSR count). The Morgan fingerprint density at radius 2 is 1.46 bits per heavy atom. The average molecular weight is 668 g/mol. The summed E-state index contributed by atoms with van der Waals surface area (Å²) in [6.07, 6.45) is 1.56. The first kappa shape index (κ1) is 33.6. The second-order valence-electron chi connectivity index (χ2n) is 10.4. The van der Waals surface area contributed by atoms with E-state index in [0.29, 0.717) is 45.5 Å². The molecule has 4 amide bonds. The molecule has 0 bridgehead atoms. The van der Waals surface area contributed by atoms with Crippen LogP contribution in [0.15, 0.2) is 102 Å². The molecular formula is C36H33N3O8S. The average Bonchev–Trinajstić information content (AvgIpc) is 3.39. The maximum atomic E-state index is 13.6. The van der Waals surface area contributed by atoms with Gasteiger partial charge in [0.25, 0.3) is 11.8 Å². The molecule has 246 valence electrons.